The fourth-order valence-electron chi connectivity index (χ4n) is 3.59. The van der Waals surface area contributed by atoms with E-state index < -0.39 is 5.82 Å². The zero-order valence-corrected chi connectivity index (χ0v) is 14.3. The number of fused-ring (bicyclic) bond motifs is 2. The Bertz CT molecular complexity index is 711. The maximum atomic E-state index is 13.9. The summed E-state index contributed by atoms with van der Waals surface area (Å²) in [5.74, 6) is -0.364. The highest BCUT2D eigenvalue weighted by Gasteiger charge is 2.44. The summed E-state index contributed by atoms with van der Waals surface area (Å²) >= 11 is 1.66. The average molecular weight is 349 g/mol. The van der Waals surface area contributed by atoms with Crippen LogP contribution in [0.15, 0.2) is 23.7 Å². The Morgan fingerprint density at radius 2 is 2.38 bits per heavy atom. The minimum absolute atomic E-state index is 0.00132. The van der Waals surface area contributed by atoms with Gasteiger partial charge in [0.05, 0.1) is 23.4 Å². The van der Waals surface area contributed by atoms with Crippen molar-refractivity contribution in [3.63, 3.8) is 0 Å². The normalized spacial score (nSPS) is 27.2. The molecule has 3 heterocycles. The minimum Gasteiger partial charge on any atom is -0.468 e. The molecule has 1 aliphatic carbocycles. The molecule has 3 atom stereocenters. The van der Waals surface area contributed by atoms with Gasteiger partial charge in [0.15, 0.2) is 5.82 Å². The summed E-state index contributed by atoms with van der Waals surface area (Å²) in [5.41, 5.74) is 1.07. The number of pyridine rings is 1. The Kier molecular flexibility index (Phi) is 4.47. The first-order valence-corrected chi connectivity index (χ1v) is 9.12. The molecular weight excluding hydrogens is 329 g/mol. The van der Waals surface area contributed by atoms with E-state index in [0.29, 0.717) is 6.61 Å². The lowest BCUT2D eigenvalue weighted by Crippen LogP contribution is -2.44. The molecule has 0 amide bonds. The van der Waals surface area contributed by atoms with Crippen LogP contribution in [-0.2, 0) is 11.3 Å². The molecule has 0 aromatic carbocycles. The van der Waals surface area contributed by atoms with Crippen molar-refractivity contribution in [3.8, 4) is 5.88 Å². The predicted octanol–water partition coefficient (Wildman–Crippen LogP) is 2.80. The van der Waals surface area contributed by atoms with Crippen molar-refractivity contribution in [2.75, 3.05) is 13.2 Å². The van der Waals surface area contributed by atoms with Crippen molar-refractivity contribution >= 4 is 11.3 Å². The summed E-state index contributed by atoms with van der Waals surface area (Å²) in [6, 6.07) is 3.13. The van der Waals surface area contributed by atoms with Gasteiger partial charge in [-0.05, 0) is 31.9 Å². The lowest BCUT2D eigenvalue weighted by Gasteiger charge is -2.30. The van der Waals surface area contributed by atoms with E-state index in [9.17, 15) is 4.39 Å². The van der Waals surface area contributed by atoms with Gasteiger partial charge >= 0.3 is 0 Å². The van der Waals surface area contributed by atoms with E-state index in [1.54, 1.807) is 23.6 Å². The van der Waals surface area contributed by atoms with E-state index in [0.717, 1.165) is 36.6 Å². The van der Waals surface area contributed by atoms with Gasteiger partial charge in [-0.25, -0.2) is 14.4 Å². The highest BCUT2D eigenvalue weighted by molar-refractivity contribution is 7.09. The van der Waals surface area contributed by atoms with Crippen molar-refractivity contribution in [1.82, 2.24) is 14.9 Å². The molecule has 0 radical (unpaired) electrons. The number of thiazole rings is 1. The van der Waals surface area contributed by atoms with Gasteiger partial charge in [0, 0.05) is 30.7 Å². The van der Waals surface area contributed by atoms with Crippen molar-refractivity contribution in [2.45, 2.75) is 44.6 Å². The lowest BCUT2D eigenvalue weighted by molar-refractivity contribution is 0.000129. The van der Waals surface area contributed by atoms with Crippen LogP contribution in [0.5, 0.6) is 5.88 Å². The molecule has 3 unspecified atom stereocenters. The number of nitrogens with zero attached hydrogens (tertiary/aromatic N) is 3. The third kappa shape index (κ3) is 3.16. The van der Waals surface area contributed by atoms with E-state index in [2.05, 4.69) is 20.2 Å². The van der Waals surface area contributed by atoms with Gasteiger partial charge in [0.1, 0.15) is 6.10 Å². The molecule has 4 rings (SSSR count). The SMILES string of the molecule is Cc1nc(CN2CCOC3CCC2C3Oc2ncccc2F)cs1. The average Bonchev–Trinajstić information content (AvgIpc) is 3.09. The van der Waals surface area contributed by atoms with Gasteiger partial charge in [-0.1, -0.05) is 0 Å². The highest BCUT2D eigenvalue weighted by Crippen LogP contribution is 2.33. The fourth-order valence-corrected chi connectivity index (χ4v) is 4.20. The summed E-state index contributed by atoms with van der Waals surface area (Å²) in [6.07, 6.45) is 3.26. The second kappa shape index (κ2) is 6.74. The van der Waals surface area contributed by atoms with Gasteiger partial charge < -0.3 is 9.47 Å². The van der Waals surface area contributed by atoms with Crippen molar-refractivity contribution < 1.29 is 13.9 Å². The van der Waals surface area contributed by atoms with Crippen molar-refractivity contribution in [1.29, 1.82) is 0 Å². The molecule has 1 saturated carbocycles. The van der Waals surface area contributed by atoms with Crippen LogP contribution in [0.2, 0.25) is 0 Å². The fraction of sp³-hybridized carbons (Fsp3) is 0.529. The predicted molar refractivity (Wildman–Crippen MR) is 88.6 cm³/mol. The zero-order chi connectivity index (χ0) is 16.5. The summed E-state index contributed by atoms with van der Waals surface area (Å²) in [6.45, 7) is 4.29. The van der Waals surface area contributed by atoms with E-state index in [1.807, 2.05) is 6.92 Å². The molecule has 0 spiro atoms. The standard InChI is InChI=1S/C17H20FN3O2S/c1-11-20-12(10-24-11)9-21-7-8-22-15-5-4-14(21)16(15)23-17-13(18)3-2-6-19-17/h2-3,6,10,14-16H,4-5,7-9H2,1H3. The monoisotopic (exact) mass is 349 g/mol. The number of aromatic nitrogens is 2. The number of ether oxygens (including phenoxy) is 2. The molecule has 2 aromatic rings. The topological polar surface area (TPSA) is 47.5 Å². The summed E-state index contributed by atoms with van der Waals surface area (Å²) < 4.78 is 25.8. The van der Waals surface area contributed by atoms with Crippen LogP contribution in [0, 0.1) is 12.7 Å². The molecule has 24 heavy (non-hydrogen) atoms. The molecule has 1 aliphatic heterocycles. The van der Waals surface area contributed by atoms with E-state index in [1.165, 1.54) is 6.07 Å². The van der Waals surface area contributed by atoms with E-state index in [4.69, 9.17) is 9.47 Å². The molecule has 7 heteroatoms. The Balaban J connectivity index is 1.54. The number of halogens is 1. The van der Waals surface area contributed by atoms with Crippen LogP contribution in [0.1, 0.15) is 23.5 Å². The van der Waals surface area contributed by atoms with Gasteiger partial charge in [0.2, 0.25) is 0 Å². The van der Waals surface area contributed by atoms with Crippen molar-refractivity contribution in [3.05, 3.63) is 40.2 Å². The Morgan fingerprint density at radius 1 is 1.46 bits per heavy atom. The summed E-state index contributed by atoms with van der Waals surface area (Å²) in [7, 11) is 0. The molecule has 5 nitrogen and oxygen atoms in total. The lowest BCUT2D eigenvalue weighted by atomic mass is 10.1. The molecule has 128 valence electrons. The number of hydrogen-bond acceptors (Lipinski definition) is 6. The molecule has 2 fully saturated rings. The molecule has 2 aromatic heterocycles. The first-order valence-electron chi connectivity index (χ1n) is 8.24. The number of rotatable bonds is 4. The van der Waals surface area contributed by atoms with Crippen LogP contribution in [-0.4, -0.2) is 46.3 Å². The zero-order valence-electron chi connectivity index (χ0n) is 13.5. The highest BCUT2D eigenvalue weighted by atomic mass is 32.1. The Hall–Kier alpha value is -1.57. The Labute approximate surface area is 144 Å². The van der Waals surface area contributed by atoms with Gasteiger partial charge in [-0.3, -0.25) is 4.90 Å². The van der Waals surface area contributed by atoms with Crippen LogP contribution in [0.3, 0.4) is 0 Å². The second-order valence-electron chi connectivity index (χ2n) is 6.26. The maximum Gasteiger partial charge on any atom is 0.250 e. The number of hydrogen-bond donors (Lipinski definition) is 0. The first kappa shape index (κ1) is 15.9. The van der Waals surface area contributed by atoms with E-state index in [-0.39, 0.29) is 24.1 Å². The first-order chi connectivity index (χ1) is 11.7. The number of aryl methyl sites for hydroxylation is 1. The second-order valence-corrected chi connectivity index (χ2v) is 7.32. The minimum atomic E-state index is -0.428. The van der Waals surface area contributed by atoms with Crippen LogP contribution < -0.4 is 4.74 Å². The van der Waals surface area contributed by atoms with Gasteiger partial charge in [-0.2, -0.15) is 0 Å². The smallest absolute Gasteiger partial charge is 0.250 e. The summed E-state index contributed by atoms with van der Waals surface area (Å²) in [4.78, 5) is 10.9. The molecule has 1 saturated heterocycles. The molecule has 0 N–H and O–H groups in total. The van der Waals surface area contributed by atoms with Crippen LogP contribution >= 0.6 is 11.3 Å². The van der Waals surface area contributed by atoms with Crippen molar-refractivity contribution in [2.24, 2.45) is 0 Å². The third-order valence-corrected chi connectivity index (χ3v) is 5.50. The maximum absolute atomic E-state index is 13.9. The third-order valence-electron chi connectivity index (χ3n) is 4.68. The molecule has 2 bridgehead atoms. The Morgan fingerprint density at radius 3 is 3.17 bits per heavy atom. The largest absolute Gasteiger partial charge is 0.468 e. The van der Waals surface area contributed by atoms with Gasteiger partial charge in [-0.15, -0.1) is 11.3 Å². The molecule has 2 aliphatic rings. The van der Waals surface area contributed by atoms with Crippen LogP contribution in [0.25, 0.3) is 0 Å². The molecular formula is C17H20FN3O2S. The van der Waals surface area contributed by atoms with Gasteiger partial charge in [0.25, 0.3) is 5.88 Å². The summed E-state index contributed by atoms with van der Waals surface area (Å²) in [5, 5.41) is 3.17. The quantitative estimate of drug-likeness (QED) is 0.849. The van der Waals surface area contributed by atoms with E-state index >= 15 is 0 Å². The van der Waals surface area contributed by atoms with Crippen LogP contribution in [0.4, 0.5) is 4.39 Å².